The van der Waals surface area contributed by atoms with Crippen LogP contribution in [0.15, 0.2) is 41.2 Å². The van der Waals surface area contributed by atoms with E-state index < -0.39 is 5.92 Å². The smallest absolute Gasteiger partial charge is 0.242 e. The number of nitrogens with zero attached hydrogens (tertiary/aromatic N) is 2. The lowest BCUT2D eigenvalue weighted by Crippen LogP contribution is -2.28. The molecule has 1 unspecified atom stereocenters. The van der Waals surface area contributed by atoms with Crippen LogP contribution in [0.5, 0.6) is 0 Å². The second-order valence-electron chi connectivity index (χ2n) is 3.67. The van der Waals surface area contributed by atoms with E-state index in [9.17, 15) is 4.79 Å². The normalized spacial score (nSPS) is 11.5. The molecule has 0 fully saturated rings. The third-order valence-corrected chi connectivity index (χ3v) is 3.09. The van der Waals surface area contributed by atoms with Crippen LogP contribution in [-0.2, 0) is 11.3 Å². The van der Waals surface area contributed by atoms with E-state index in [1.807, 2.05) is 29.6 Å². The molecule has 90 valence electrons. The third kappa shape index (κ3) is 2.93. The first-order valence-electron chi connectivity index (χ1n) is 5.40. The monoisotopic (exact) mass is 257 g/mol. The summed E-state index contributed by atoms with van der Waals surface area (Å²) >= 11 is 1.47. The van der Waals surface area contributed by atoms with Crippen LogP contribution < -0.4 is 5.32 Å². The van der Waals surface area contributed by atoms with Gasteiger partial charge in [-0.2, -0.15) is 5.26 Å². The Morgan fingerprint density at radius 2 is 2.22 bits per heavy atom. The number of carbonyl (C=O) groups excluding carboxylic acids is 1. The summed E-state index contributed by atoms with van der Waals surface area (Å²) in [5.74, 6) is -1.07. The molecule has 0 aliphatic rings. The molecule has 0 bridgehead atoms. The number of thiazole rings is 1. The number of benzene rings is 1. The van der Waals surface area contributed by atoms with Crippen molar-refractivity contribution >= 4 is 17.2 Å². The fourth-order valence-corrected chi connectivity index (χ4v) is 2.09. The molecule has 1 atom stereocenters. The zero-order valence-electron chi connectivity index (χ0n) is 9.54. The Bertz CT molecular complexity index is 545. The van der Waals surface area contributed by atoms with E-state index >= 15 is 0 Å². The predicted molar refractivity (Wildman–Crippen MR) is 68.8 cm³/mol. The summed E-state index contributed by atoms with van der Waals surface area (Å²) in [7, 11) is 0. The highest BCUT2D eigenvalue weighted by Gasteiger charge is 2.19. The number of nitrogens with one attached hydrogen (secondary N) is 1. The van der Waals surface area contributed by atoms with Crippen molar-refractivity contribution in [2.24, 2.45) is 0 Å². The van der Waals surface area contributed by atoms with Gasteiger partial charge in [-0.05, 0) is 5.56 Å². The van der Waals surface area contributed by atoms with Crippen LogP contribution >= 0.6 is 11.3 Å². The van der Waals surface area contributed by atoms with Gasteiger partial charge in [0.1, 0.15) is 5.92 Å². The molecule has 2 rings (SSSR count). The Morgan fingerprint density at radius 3 is 2.83 bits per heavy atom. The maximum Gasteiger partial charge on any atom is 0.242 e. The van der Waals surface area contributed by atoms with Crippen molar-refractivity contribution in [2.45, 2.75) is 12.5 Å². The fourth-order valence-electron chi connectivity index (χ4n) is 1.53. The van der Waals surface area contributed by atoms with Crippen LogP contribution in [0.3, 0.4) is 0 Å². The number of hydrogen-bond acceptors (Lipinski definition) is 4. The first-order chi connectivity index (χ1) is 8.81. The minimum absolute atomic E-state index is 0.295. The Labute approximate surface area is 109 Å². The van der Waals surface area contributed by atoms with E-state index in [0.717, 1.165) is 5.69 Å². The molecule has 1 aromatic heterocycles. The van der Waals surface area contributed by atoms with Crippen molar-refractivity contribution < 1.29 is 4.79 Å². The summed E-state index contributed by atoms with van der Waals surface area (Å²) in [5.41, 5.74) is 3.22. The van der Waals surface area contributed by atoms with Crippen LogP contribution in [-0.4, -0.2) is 10.9 Å². The number of rotatable bonds is 4. The van der Waals surface area contributed by atoms with Crippen molar-refractivity contribution in [3.8, 4) is 6.07 Å². The quantitative estimate of drug-likeness (QED) is 0.911. The summed E-state index contributed by atoms with van der Waals surface area (Å²) in [5, 5.41) is 13.7. The molecule has 1 aromatic carbocycles. The molecule has 0 radical (unpaired) electrons. The van der Waals surface area contributed by atoms with E-state index in [4.69, 9.17) is 5.26 Å². The minimum Gasteiger partial charge on any atom is -0.349 e. The van der Waals surface area contributed by atoms with Gasteiger partial charge in [0.2, 0.25) is 5.91 Å². The van der Waals surface area contributed by atoms with E-state index in [2.05, 4.69) is 10.3 Å². The lowest BCUT2D eigenvalue weighted by molar-refractivity contribution is -0.121. The van der Waals surface area contributed by atoms with Crippen molar-refractivity contribution in [3.05, 3.63) is 52.5 Å². The molecule has 0 saturated carbocycles. The van der Waals surface area contributed by atoms with E-state index in [-0.39, 0.29) is 5.91 Å². The molecule has 1 N–H and O–H groups in total. The van der Waals surface area contributed by atoms with Gasteiger partial charge < -0.3 is 5.32 Å². The van der Waals surface area contributed by atoms with Gasteiger partial charge in [0.25, 0.3) is 0 Å². The Balaban J connectivity index is 2.01. The first kappa shape index (κ1) is 12.3. The fraction of sp³-hybridized carbons (Fsp3) is 0.154. The average Bonchev–Trinajstić information content (AvgIpc) is 2.92. The summed E-state index contributed by atoms with van der Waals surface area (Å²) in [6, 6.07) is 11.0. The summed E-state index contributed by atoms with van der Waals surface area (Å²) < 4.78 is 0. The molecule has 5 heteroatoms. The van der Waals surface area contributed by atoms with Gasteiger partial charge in [0.05, 0.1) is 23.8 Å². The summed E-state index contributed by atoms with van der Waals surface area (Å²) in [6.07, 6.45) is 0. The SMILES string of the molecule is N#CC(C(=O)NCc1cscn1)c1ccccc1. The lowest BCUT2D eigenvalue weighted by Gasteiger charge is -2.09. The standard InChI is InChI=1S/C13H11N3OS/c14-6-12(10-4-2-1-3-5-10)13(17)15-7-11-8-18-9-16-11/h1-5,8-9,12H,7H2,(H,15,17). The number of aromatic nitrogens is 1. The van der Waals surface area contributed by atoms with Gasteiger partial charge in [-0.25, -0.2) is 4.98 Å². The molecule has 1 amide bonds. The van der Waals surface area contributed by atoms with Gasteiger partial charge in [-0.1, -0.05) is 30.3 Å². The maximum absolute atomic E-state index is 11.9. The second-order valence-corrected chi connectivity index (χ2v) is 4.39. The zero-order chi connectivity index (χ0) is 12.8. The highest BCUT2D eigenvalue weighted by atomic mass is 32.1. The molecular weight excluding hydrogens is 246 g/mol. The molecule has 18 heavy (non-hydrogen) atoms. The van der Waals surface area contributed by atoms with Gasteiger partial charge >= 0.3 is 0 Å². The number of amides is 1. The number of hydrogen-bond donors (Lipinski definition) is 1. The Hall–Kier alpha value is -2.19. The van der Waals surface area contributed by atoms with Gasteiger partial charge in [0, 0.05) is 5.38 Å². The lowest BCUT2D eigenvalue weighted by atomic mass is 10.00. The Kier molecular flexibility index (Phi) is 4.05. The third-order valence-electron chi connectivity index (χ3n) is 2.45. The predicted octanol–water partition coefficient (Wildman–Crippen LogP) is 2.07. The first-order valence-corrected chi connectivity index (χ1v) is 6.35. The average molecular weight is 257 g/mol. The van der Waals surface area contributed by atoms with Crippen molar-refractivity contribution in [1.29, 1.82) is 5.26 Å². The number of carbonyl (C=O) groups is 1. The molecule has 0 aliphatic heterocycles. The van der Waals surface area contributed by atoms with Crippen molar-refractivity contribution in [3.63, 3.8) is 0 Å². The minimum atomic E-state index is -0.773. The Morgan fingerprint density at radius 1 is 1.44 bits per heavy atom. The molecule has 4 nitrogen and oxygen atoms in total. The summed E-state index contributed by atoms with van der Waals surface area (Å²) in [6.45, 7) is 0.355. The van der Waals surface area contributed by atoms with Crippen LogP contribution in [0.2, 0.25) is 0 Å². The van der Waals surface area contributed by atoms with Crippen molar-refractivity contribution in [2.75, 3.05) is 0 Å². The van der Waals surface area contributed by atoms with Crippen molar-refractivity contribution in [1.82, 2.24) is 10.3 Å². The van der Waals surface area contributed by atoms with Gasteiger partial charge in [-0.15, -0.1) is 11.3 Å². The van der Waals surface area contributed by atoms with Crippen LogP contribution in [0.4, 0.5) is 0 Å². The molecule has 2 aromatic rings. The highest BCUT2D eigenvalue weighted by molar-refractivity contribution is 7.07. The maximum atomic E-state index is 11.9. The molecule has 0 spiro atoms. The molecule has 0 saturated heterocycles. The van der Waals surface area contributed by atoms with Crippen LogP contribution in [0.1, 0.15) is 17.2 Å². The van der Waals surface area contributed by atoms with Gasteiger partial charge in [0.15, 0.2) is 0 Å². The number of nitriles is 1. The van der Waals surface area contributed by atoms with Crippen LogP contribution in [0, 0.1) is 11.3 Å². The van der Waals surface area contributed by atoms with E-state index in [0.29, 0.717) is 12.1 Å². The topological polar surface area (TPSA) is 65.8 Å². The van der Waals surface area contributed by atoms with E-state index in [1.165, 1.54) is 11.3 Å². The second kappa shape index (κ2) is 5.94. The largest absolute Gasteiger partial charge is 0.349 e. The molecular formula is C13H11N3OS. The molecule has 1 heterocycles. The summed E-state index contributed by atoms with van der Waals surface area (Å²) in [4.78, 5) is 16.0. The highest BCUT2D eigenvalue weighted by Crippen LogP contribution is 2.14. The zero-order valence-corrected chi connectivity index (χ0v) is 10.4. The molecule has 0 aliphatic carbocycles. The van der Waals surface area contributed by atoms with E-state index in [1.54, 1.807) is 17.6 Å². The van der Waals surface area contributed by atoms with Crippen LogP contribution in [0.25, 0.3) is 0 Å². The van der Waals surface area contributed by atoms with Gasteiger partial charge in [-0.3, -0.25) is 4.79 Å².